The highest BCUT2D eigenvalue weighted by Crippen LogP contribution is 2.23. The lowest BCUT2D eigenvalue weighted by molar-refractivity contribution is -0.136. The van der Waals surface area contributed by atoms with Crippen molar-refractivity contribution in [2.24, 2.45) is 4.99 Å². The van der Waals surface area contributed by atoms with E-state index in [1.54, 1.807) is 6.08 Å². The van der Waals surface area contributed by atoms with Crippen LogP contribution in [0.25, 0.3) is 0 Å². The Kier molecular flexibility index (Phi) is 4.73. The third kappa shape index (κ3) is 3.32. The Hall–Kier alpha value is -1.31. The Labute approximate surface area is 113 Å². The van der Waals surface area contributed by atoms with Crippen LogP contribution in [-0.4, -0.2) is 30.6 Å². The third-order valence-electron chi connectivity index (χ3n) is 2.12. The number of rotatable bonds is 3. The van der Waals surface area contributed by atoms with E-state index < -0.39 is 12.0 Å². The van der Waals surface area contributed by atoms with Gasteiger partial charge in [0.1, 0.15) is 6.04 Å². The minimum Gasteiger partial charge on any atom is -0.494 e. The van der Waals surface area contributed by atoms with Crippen molar-refractivity contribution in [2.75, 3.05) is 7.11 Å². The fourth-order valence-electron chi connectivity index (χ4n) is 1.35. The highest BCUT2D eigenvalue weighted by atomic mass is 127. The van der Waals surface area contributed by atoms with Crippen LogP contribution < -0.4 is 5.32 Å². The molecule has 1 rings (SSSR count). The van der Waals surface area contributed by atoms with Crippen LogP contribution in [0.5, 0.6) is 0 Å². The van der Waals surface area contributed by atoms with E-state index >= 15 is 0 Å². The molecule has 0 aromatic rings. The Bertz CT molecular complexity index is 434. The van der Waals surface area contributed by atoms with Gasteiger partial charge in [0.2, 0.25) is 0 Å². The second kappa shape index (κ2) is 5.85. The van der Waals surface area contributed by atoms with E-state index in [2.05, 4.69) is 44.2 Å². The number of aliphatic hydroxyl groups is 1. The maximum atomic E-state index is 11.4. The zero-order valence-corrected chi connectivity index (χ0v) is 11.7. The van der Waals surface area contributed by atoms with Gasteiger partial charge in [-0.05, 0) is 39.2 Å². The molecule has 0 aromatic carbocycles. The first-order valence-electron chi connectivity index (χ1n) is 4.79. The highest BCUT2D eigenvalue weighted by Gasteiger charge is 2.26. The summed E-state index contributed by atoms with van der Waals surface area (Å²) >= 11 is 2.11. The van der Waals surface area contributed by atoms with Crippen molar-refractivity contribution in [3.8, 4) is 0 Å². The monoisotopic (exact) mass is 348 g/mol. The van der Waals surface area contributed by atoms with Gasteiger partial charge < -0.3 is 15.2 Å². The van der Waals surface area contributed by atoms with Crippen molar-refractivity contribution in [1.82, 2.24) is 5.32 Å². The van der Waals surface area contributed by atoms with Gasteiger partial charge in [-0.2, -0.15) is 0 Å². The van der Waals surface area contributed by atoms with Gasteiger partial charge in [0.05, 0.1) is 19.0 Å². The zero-order valence-electron chi connectivity index (χ0n) is 9.53. The summed E-state index contributed by atoms with van der Waals surface area (Å²) in [5.41, 5.74) is 0.676. The largest absolute Gasteiger partial charge is 0.494 e. The summed E-state index contributed by atoms with van der Waals surface area (Å²) in [4.78, 5) is 15.5. The van der Waals surface area contributed by atoms with Gasteiger partial charge in [0.15, 0.2) is 5.88 Å². The van der Waals surface area contributed by atoms with Gasteiger partial charge in [-0.1, -0.05) is 6.58 Å². The molecule has 2 N–H and O–H groups in total. The minimum atomic E-state index is -0.617. The lowest BCUT2D eigenvalue weighted by Crippen LogP contribution is -2.28. The molecule has 5 nitrogen and oxygen atoms in total. The van der Waals surface area contributed by atoms with E-state index in [0.29, 0.717) is 5.57 Å². The molecule has 0 bridgehead atoms. The number of aliphatic imine (C=N–C) groups is 1. The molecule has 0 spiro atoms. The summed E-state index contributed by atoms with van der Waals surface area (Å²) in [6, 6.07) is -0.617. The highest BCUT2D eigenvalue weighted by molar-refractivity contribution is 14.1. The number of methoxy groups -OCH3 is 1. The molecule has 6 heteroatoms. The predicted octanol–water partition coefficient (Wildman–Crippen LogP) is 1.82. The van der Waals surface area contributed by atoms with E-state index in [9.17, 15) is 9.90 Å². The Balaban J connectivity index is 3.09. The van der Waals surface area contributed by atoms with Crippen LogP contribution in [0.2, 0.25) is 0 Å². The van der Waals surface area contributed by atoms with Crippen LogP contribution in [0.3, 0.4) is 0 Å². The molecular formula is C11H13IN2O3. The molecular weight excluding hydrogens is 335 g/mol. The molecule has 1 aliphatic rings. The number of aliphatic hydroxyl groups excluding tert-OH is 1. The Morgan fingerprint density at radius 1 is 1.76 bits per heavy atom. The predicted molar refractivity (Wildman–Crippen MR) is 74.0 cm³/mol. The number of carbonyl (C=O) groups is 1. The average Bonchev–Trinajstić information content (AvgIpc) is 2.29. The van der Waals surface area contributed by atoms with Crippen LogP contribution in [0.15, 0.2) is 38.3 Å². The number of halogens is 1. The lowest BCUT2D eigenvalue weighted by Gasteiger charge is -2.20. The van der Waals surface area contributed by atoms with Gasteiger partial charge in [-0.3, -0.25) is 4.99 Å². The molecule has 17 heavy (non-hydrogen) atoms. The number of carbonyl (C=O) groups excluding carboxylic acids is 1. The first-order valence-corrected chi connectivity index (χ1v) is 5.87. The molecule has 92 valence electrons. The number of nitrogens with one attached hydrogen (secondary N) is 1. The summed E-state index contributed by atoms with van der Waals surface area (Å²) in [6.45, 7) is 5.52. The van der Waals surface area contributed by atoms with E-state index in [1.165, 1.54) is 13.4 Å². The zero-order chi connectivity index (χ0) is 13.0. The number of allylic oxidation sites excluding steroid dienone is 1. The van der Waals surface area contributed by atoms with Crippen LogP contribution in [0, 0.1) is 0 Å². The SMILES string of the molecule is C=C(C(=O)OC)C1N=CNC(O)=C1/C=C(\C)I. The second-order valence-electron chi connectivity index (χ2n) is 3.38. The van der Waals surface area contributed by atoms with Gasteiger partial charge in [-0.15, -0.1) is 0 Å². The number of nitrogens with zero attached hydrogens (tertiary/aromatic N) is 1. The van der Waals surface area contributed by atoms with E-state index in [0.717, 1.165) is 3.58 Å². The molecule has 1 unspecified atom stereocenters. The summed E-state index contributed by atoms with van der Waals surface area (Å²) in [5, 5.41) is 12.3. The Morgan fingerprint density at radius 3 is 2.94 bits per heavy atom. The van der Waals surface area contributed by atoms with Crippen molar-refractivity contribution in [2.45, 2.75) is 13.0 Å². The van der Waals surface area contributed by atoms with E-state index in [1.807, 2.05) is 6.92 Å². The first kappa shape index (κ1) is 13.8. The summed E-state index contributed by atoms with van der Waals surface area (Å²) < 4.78 is 5.54. The lowest BCUT2D eigenvalue weighted by atomic mass is 9.99. The molecule has 0 fully saturated rings. The summed E-state index contributed by atoms with van der Waals surface area (Å²) in [7, 11) is 1.28. The molecule has 0 radical (unpaired) electrons. The van der Waals surface area contributed by atoms with Crippen LogP contribution in [-0.2, 0) is 9.53 Å². The van der Waals surface area contributed by atoms with E-state index in [-0.39, 0.29) is 11.5 Å². The van der Waals surface area contributed by atoms with Gasteiger partial charge in [-0.25, -0.2) is 4.79 Å². The molecule has 0 aromatic heterocycles. The fraction of sp³-hybridized carbons (Fsp3) is 0.273. The Morgan fingerprint density at radius 2 is 2.41 bits per heavy atom. The number of hydrogen-bond acceptors (Lipinski definition) is 5. The smallest absolute Gasteiger partial charge is 0.335 e. The molecule has 0 aliphatic carbocycles. The molecule has 0 amide bonds. The number of hydrogen-bond donors (Lipinski definition) is 2. The third-order valence-corrected chi connectivity index (χ3v) is 2.44. The topological polar surface area (TPSA) is 70.9 Å². The van der Waals surface area contributed by atoms with Crippen molar-refractivity contribution >= 4 is 34.9 Å². The van der Waals surface area contributed by atoms with Crippen LogP contribution in [0.1, 0.15) is 6.92 Å². The maximum absolute atomic E-state index is 11.4. The molecule has 1 heterocycles. The molecule has 0 saturated heterocycles. The van der Waals surface area contributed by atoms with Crippen LogP contribution in [0.4, 0.5) is 0 Å². The maximum Gasteiger partial charge on any atom is 0.335 e. The van der Waals surface area contributed by atoms with E-state index in [4.69, 9.17) is 0 Å². The van der Waals surface area contributed by atoms with Crippen molar-refractivity contribution in [3.05, 3.63) is 33.3 Å². The van der Waals surface area contributed by atoms with Crippen molar-refractivity contribution in [1.29, 1.82) is 0 Å². The quantitative estimate of drug-likeness (QED) is 0.464. The van der Waals surface area contributed by atoms with Crippen molar-refractivity contribution in [3.63, 3.8) is 0 Å². The summed E-state index contributed by atoms with van der Waals surface area (Å²) in [6.07, 6.45) is 3.06. The number of ether oxygens (including phenoxy) is 1. The second-order valence-corrected chi connectivity index (χ2v) is 5.08. The van der Waals surface area contributed by atoms with Gasteiger partial charge in [0.25, 0.3) is 0 Å². The standard InChI is InChI=1S/C11H13IN2O3/c1-6(12)4-8-9(7(2)11(16)17-3)13-5-14-10(8)15/h4-5,9,15H,2H2,1,3H3,(H,13,14)/b6-4+. The van der Waals surface area contributed by atoms with Gasteiger partial charge >= 0.3 is 5.97 Å². The fourth-order valence-corrected chi connectivity index (χ4v) is 1.68. The van der Waals surface area contributed by atoms with Crippen molar-refractivity contribution < 1.29 is 14.6 Å². The van der Waals surface area contributed by atoms with Gasteiger partial charge in [0, 0.05) is 5.57 Å². The normalized spacial score (nSPS) is 19.9. The number of esters is 1. The van der Waals surface area contributed by atoms with Crippen LogP contribution >= 0.6 is 22.6 Å². The minimum absolute atomic E-state index is 0.0360. The summed E-state index contributed by atoms with van der Waals surface area (Å²) in [5.74, 6) is -0.579. The molecule has 1 aliphatic heterocycles. The average molecular weight is 348 g/mol. The molecule has 1 atom stereocenters. The molecule has 0 saturated carbocycles. The first-order chi connectivity index (χ1) is 7.97.